The maximum Gasteiger partial charge on any atom is 0.341 e. The molecule has 23 heavy (non-hydrogen) atoms. The molecule has 6 heteroatoms. The molecule has 0 aliphatic carbocycles. The summed E-state index contributed by atoms with van der Waals surface area (Å²) in [5.74, 6) is -0.620. The highest BCUT2D eigenvalue weighted by atomic mass is 79.9. The monoisotopic (exact) mass is 391 g/mol. The molecule has 0 aliphatic heterocycles. The van der Waals surface area contributed by atoms with Crippen LogP contribution in [0.15, 0.2) is 46.9 Å². The van der Waals surface area contributed by atoms with E-state index in [4.69, 9.17) is 21.4 Å². The summed E-state index contributed by atoms with van der Waals surface area (Å²) < 4.78 is 5.75. The smallest absolute Gasteiger partial charge is 0.341 e. The van der Waals surface area contributed by atoms with E-state index in [2.05, 4.69) is 22.0 Å². The summed E-state index contributed by atoms with van der Waals surface area (Å²) in [6.07, 6.45) is 1.73. The molecule has 0 spiro atoms. The third kappa shape index (κ3) is 4.85. The van der Waals surface area contributed by atoms with Gasteiger partial charge < -0.3 is 9.84 Å². The Morgan fingerprint density at radius 2 is 2.00 bits per heavy atom. The van der Waals surface area contributed by atoms with Crippen molar-refractivity contribution >= 4 is 45.1 Å². The summed E-state index contributed by atoms with van der Waals surface area (Å²) in [6.45, 7) is -0.415. The van der Waals surface area contributed by atoms with Crippen LogP contribution in [0.3, 0.4) is 0 Å². The molecule has 0 radical (unpaired) electrons. The number of rotatable bonds is 5. The molecular weight excluding hydrogens is 382 g/mol. The minimum Gasteiger partial charge on any atom is -0.481 e. The van der Waals surface area contributed by atoms with Crippen LogP contribution in [0.5, 0.6) is 5.75 Å². The van der Waals surface area contributed by atoms with Gasteiger partial charge in [0.25, 0.3) is 0 Å². The van der Waals surface area contributed by atoms with Gasteiger partial charge in [-0.3, -0.25) is 0 Å². The van der Waals surface area contributed by atoms with E-state index in [1.165, 1.54) is 0 Å². The number of benzene rings is 2. The molecule has 4 nitrogen and oxygen atoms in total. The van der Waals surface area contributed by atoms with Gasteiger partial charge in [-0.05, 0) is 57.4 Å². The van der Waals surface area contributed by atoms with Gasteiger partial charge in [-0.15, -0.1) is 0 Å². The lowest BCUT2D eigenvalue weighted by atomic mass is 10.0. The second-order valence-electron chi connectivity index (χ2n) is 4.55. The van der Waals surface area contributed by atoms with Gasteiger partial charge in [0.15, 0.2) is 6.61 Å². The second-order valence-corrected chi connectivity index (χ2v) is 5.84. The number of nitriles is 1. The Bertz CT molecular complexity index is 794. The number of carbonyl (C=O) groups is 1. The molecular formula is C17H11BrClNO3. The normalized spacial score (nSPS) is 10.9. The first-order valence-corrected chi connectivity index (χ1v) is 7.68. The van der Waals surface area contributed by atoms with Crippen LogP contribution >= 0.6 is 27.5 Å². The van der Waals surface area contributed by atoms with Gasteiger partial charge in [-0.1, -0.05) is 29.8 Å². The van der Waals surface area contributed by atoms with Gasteiger partial charge in [-0.2, -0.15) is 5.26 Å². The molecule has 0 aromatic heterocycles. The predicted molar refractivity (Wildman–Crippen MR) is 92.2 cm³/mol. The molecule has 0 saturated carbocycles. The summed E-state index contributed by atoms with van der Waals surface area (Å²) in [4.78, 5) is 10.5. The fourth-order valence-corrected chi connectivity index (χ4v) is 2.48. The van der Waals surface area contributed by atoms with E-state index in [9.17, 15) is 10.1 Å². The Hall–Kier alpha value is -2.29. The molecule has 0 amide bonds. The molecule has 0 saturated heterocycles. The highest BCUT2D eigenvalue weighted by Gasteiger charge is 2.06. The lowest BCUT2D eigenvalue weighted by Gasteiger charge is -2.07. The molecule has 0 aliphatic rings. The van der Waals surface area contributed by atoms with Crippen molar-refractivity contribution < 1.29 is 14.6 Å². The van der Waals surface area contributed by atoms with Crippen molar-refractivity contribution in [1.82, 2.24) is 0 Å². The van der Waals surface area contributed by atoms with E-state index in [1.807, 2.05) is 0 Å². The maximum atomic E-state index is 10.5. The van der Waals surface area contributed by atoms with Crippen LogP contribution in [0, 0.1) is 11.3 Å². The predicted octanol–water partition coefficient (Wildman–Crippen LogP) is 4.63. The van der Waals surface area contributed by atoms with Crippen LogP contribution in [0.4, 0.5) is 0 Å². The van der Waals surface area contributed by atoms with Crippen molar-refractivity contribution in [2.24, 2.45) is 0 Å². The number of hydrogen-bond donors (Lipinski definition) is 1. The number of aliphatic carboxylic acids is 1. The van der Waals surface area contributed by atoms with Crippen LogP contribution in [-0.4, -0.2) is 17.7 Å². The molecule has 0 bridgehead atoms. The van der Waals surface area contributed by atoms with E-state index < -0.39 is 12.6 Å². The number of allylic oxidation sites excluding steroid dienone is 1. The molecule has 2 aromatic rings. The number of carboxylic acids is 1. The summed E-state index contributed by atoms with van der Waals surface area (Å²) in [7, 11) is 0. The Morgan fingerprint density at radius 1 is 1.30 bits per heavy atom. The van der Waals surface area contributed by atoms with Crippen LogP contribution in [-0.2, 0) is 4.79 Å². The van der Waals surface area contributed by atoms with Gasteiger partial charge in [0.05, 0.1) is 16.1 Å². The number of halogens is 2. The van der Waals surface area contributed by atoms with Gasteiger partial charge in [0, 0.05) is 5.02 Å². The first kappa shape index (κ1) is 17.1. The fraction of sp³-hybridized carbons (Fsp3) is 0.0588. The Labute approximate surface area is 146 Å². The quantitative estimate of drug-likeness (QED) is 0.595. The minimum absolute atomic E-state index is 0.415. The zero-order valence-corrected chi connectivity index (χ0v) is 14.1. The van der Waals surface area contributed by atoms with Crippen molar-refractivity contribution in [2.45, 2.75) is 0 Å². The molecule has 0 fully saturated rings. The molecule has 1 N–H and O–H groups in total. The third-order valence-electron chi connectivity index (χ3n) is 2.89. The fourth-order valence-electron chi connectivity index (χ4n) is 1.84. The number of hydrogen-bond acceptors (Lipinski definition) is 3. The van der Waals surface area contributed by atoms with E-state index in [0.717, 1.165) is 11.1 Å². The van der Waals surface area contributed by atoms with Crippen molar-refractivity contribution in [2.75, 3.05) is 6.61 Å². The molecule has 0 unspecified atom stereocenters. The summed E-state index contributed by atoms with van der Waals surface area (Å²) in [6, 6.07) is 14.3. The first-order valence-electron chi connectivity index (χ1n) is 6.51. The third-order valence-corrected chi connectivity index (χ3v) is 3.77. The zero-order valence-electron chi connectivity index (χ0n) is 11.8. The van der Waals surface area contributed by atoms with E-state index in [0.29, 0.717) is 20.8 Å². The summed E-state index contributed by atoms with van der Waals surface area (Å²) in [5.41, 5.74) is 2.04. The van der Waals surface area contributed by atoms with Crippen molar-refractivity contribution in [3.63, 3.8) is 0 Å². The molecule has 0 heterocycles. The van der Waals surface area contributed by atoms with Crippen molar-refractivity contribution in [1.29, 1.82) is 5.26 Å². The highest BCUT2D eigenvalue weighted by Crippen LogP contribution is 2.28. The SMILES string of the molecule is N#C/C(=C\c1ccc(OCC(=O)O)c(Br)c1)c1ccc(Cl)cc1. The first-order chi connectivity index (χ1) is 11.0. The Kier molecular flexibility index (Phi) is 5.80. The molecule has 0 atom stereocenters. The van der Waals surface area contributed by atoms with E-state index >= 15 is 0 Å². The average Bonchev–Trinajstić information content (AvgIpc) is 2.52. The second kappa shape index (κ2) is 7.82. The lowest BCUT2D eigenvalue weighted by Crippen LogP contribution is -2.09. The van der Waals surface area contributed by atoms with Gasteiger partial charge in [0.2, 0.25) is 0 Å². The lowest BCUT2D eigenvalue weighted by molar-refractivity contribution is -0.139. The zero-order chi connectivity index (χ0) is 16.8. The molecule has 116 valence electrons. The number of carboxylic acid groups (broad SMARTS) is 1. The van der Waals surface area contributed by atoms with Crippen LogP contribution < -0.4 is 4.74 Å². The Balaban J connectivity index is 2.27. The van der Waals surface area contributed by atoms with Crippen molar-refractivity contribution in [3.05, 3.63) is 63.1 Å². The number of ether oxygens (including phenoxy) is 1. The van der Waals surface area contributed by atoms with Gasteiger partial charge in [-0.25, -0.2) is 4.79 Å². The summed E-state index contributed by atoms with van der Waals surface area (Å²) >= 11 is 9.17. The van der Waals surface area contributed by atoms with E-state index in [1.54, 1.807) is 48.5 Å². The van der Waals surface area contributed by atoms with Crippen LogP contribution in [0.2, 0.25) is 5.02 Å². The van der Waals surface area contributed by atoms with E-state index in [-0.39, 0.29) is 0 Å². The molecule has 2 rings (SSSR count). The highest BCUT2D eigenvalue weighted by molar-refractivity contribution is 9.10. The van der Waals surface area contributed by atoms with Crippen LogP contribution in [0.25, 0.3) is 11.6 Å². The largest absolute Gasteiger partial charge is 0.481 e. The summed E-state index contributed by atoms with van der Waals surface area (Å²) in [5, 5.41) is 18.6. The maximum absolute atomic E-state index is 10.5. The van der Waals surface area contributed by atoms with Crippen molar-refractivity contribution in [3.8, 4) is 11.8 Å². The van der Waals surface area contributed by atoms with Crippen LogP contribution in [0.1, 0.15) is 11.1 Å². The van der Waals surface area contributed by atoms with Gasteiger partial charge >= 0.3 is 5.97 Å². The standard InChI is InChI=1S/C17H11BrClNO3/c18-15-8-11(1-6-16(15)23-10-17(21)22)7-13(9-20)12-2-4-14(19)5-3-12/h1-8H,10H2,(H,21,22)/b13-7+. The Morgan fingerprint density at radius 3 is 2.57 bits per heavy atom. The topological polar surface area (TPSA) is 70.3 Å². The number of nitrogens with zero attached hydrogens (tertiary/aromatic N) is 1. The molecule has 2 aromatic carbocycles. The van der Waals surface area contributed by atoms with Gasteiger partial charge in [0.1, 0.15) is 5.75 Å². The average molecular weight is 393 g/mol. The minimum atomic E-state index is -1.05.